The average Bonchev–Trinajstić information content (AvgIpc) is 2.61. The van der Waals surface area contributed by atoms with Gasteiger partial charge in [-0.1, -0.05) is 80.1 Å². The molecule has 1 aromatic carbocycles. The van der Waals surface area contributed by atoms with E-state index in [1.807, 2.05) is 0 Å². The Morgan fingerprint density at radius 3 is 1.81 bits per heavy atom. The van der Waals surface area contributed by atoms with Gasteiger partial charge in [0.05, 0.1) is 6.61 Å². The molecule has 0 amide bonds. The summed E-state index contributed by atoms with van der Waals surface area (Å²) in [5.74, 6) is -0.870. The van der Waals surface area contributed by atoms with Gasteiger partial charge in [0.1, 0.15) is 17.1 Å². The number of alkyl halides is 1. The van der Waals surface area contributed by atoms with Crippen LogP contribution in [-0.4, -0.2) is 28.1 Å². The lowest BCUT2D eigenvalue weighted by atomic mass is 10.1. The molecule has 0 saturated heterocycles. The molecule has 0 spiro atoms. The van der Waals surface area contributed by atoms with Crippen molar-refractivity contribution < 1.29 is 19.7 Å². The van der Waals surface area contributed by atoms with Crippen LogP contribution in [0.2, 0.25) is 0 Å². The number of unbranched alkanes of at least 4 members (excludes halogenated alkanes) is 11. The number of halogens is 1. The molecule has 1 aromatic rings. The number of benzene rings is 1. The molecule has 0 aliphatic heterocycles. The first-order valence-corrected chi connectivity index (χ1v) is 11.0. The number of phenols is 2. The van der Waals surface area contributed by atoms with Crippen LogP contribution in [-0.2, 0) is 4.74 Å². The highest BCUT2D eigenvalue weighted by Crippen LogP contribution is 2.23. The molecule has 1 rings (SSSR count). The summed E-state index contributed by atoms with van der Waals surface area (Å²) in [7, 11) is 0. The van der Waals surface area contributed by atoms with E-state index in [1.165, 1.54) is 76.3 Å². The number of aromatic hydroxyl groups is 2. The van der Waals surface area contributed by atoms with E-state index in [2.05, 4.69) is 15.9 Å². The molecule has 0 fully saturated rings. The average molecular weight is 429 g/mol. The van der Waals surface area contributed by atoms with Crippen LogP contribution >= 0.6 is 15.9 Å². The molecule has 0 unspecified atom stereocenters. The predicted molar refractivity (Wildman–Crippen MR) is 109 cm³/mol. The minimum absolute atomic E-state index is 0.0753. The second-order valence-corrected chi connectivity index (χ2v) is 7.56. The topological polar surface area (TPSA) is 66.8 Å². The third kappa shape index (κ3) is 10.7. The minimum Gasteiger partial charge on any atom is -0.508 e. The zero-order valence-corrected chi connectivity index (χ0v) is 17.3. The van der Waals surface area contributed by atoms with Gasteiger partial charge in [-0.05, 0) is 25.0 Å². The second kappa shape index (κ2) is 14.9. The van der Waals surface area contributed by atoms with Crippen LogP contribution in [0.1, 0.15) is 87.4 Å². The summed E-state index contributed by atoms with van der Waals surface area (Å²) in [4.78, 5) is 11.8. The predicted octanol–water partition coefficient (Wildman–Crippen LogP) is 6.33. The van der Waals surface area contributed by atoms with E-state index in [4.69, 9.17) is 4.74 Å². The zero-order chi connectivity index (χ0) is 19.0. The maximum absolute atomic E-state index is 11.8. The Balaban J connectivity index is 1.91. The summed E-state index contributed by atoms with van der Waals surface area (Å²) in [6.07, 6.45) is 15.0. The molecule has 5 heteroatoms. The summed E-state index contributed by atoms with van der Waals surface area (Å²) in [5, 5.41) is 20.0. The maximum Gasteiger partial charge on any atom is 0.341 e. The Kier molecular flexibility index (Phi) is 13.1. The highest BCUT2D eigenvalue weighted by atomic mass is 79.9. The van der Waals surface area contributed by atoms with Crippen LogP contribution < -0.4 is 0 Å². The number of hydrogen-bond acceptors (Lipinski definition) is 4. The van der Waals surface area contributed by atoms with Gasteiger partial charge < -0.3 is 14.9 Å². The van der Waals surface area contributed by atoms with Crippen molar-refractivity contribution in [3.63, 3.8) is 0 Å². The Bertz CT molecular complexity index is 505. The summed E-state index contributed by atoms with van der Waals surface area (Å²) in [6.45, 7) is 0.369. The van der Waals surface area contributed by atoms with Crippen LogP contribution in [0.15, 0.2) is 18.2 Å². The summed E-state index contributed by atoms with van der Waals surface area (Å²) in [5.41, 5.74) is 0.0926. The number of ether oxygens (including phenoxy) is 1. The van der Waals surface area contributed by atoms with E-state index >= 15 is 0 Å². The van der Waals surface area contributed by atoms with Crippen LogP contribution in [0.25, 0.3) is 0 Å². The summed E-state index contributed by atoms with van der Waals surface area (Å²) < 4.78 is 5.17. The normalized spacial score (nSPS) is 10.8. The largest absolute Gasteiger partial charge is 0.508 e. The molecule has 0 atom stereocenters. The van der Waals surface area contributed by atoms with Crippen molar-refractivity contribution in [3.8, 4) is 11.5 Å². The second-order valence-electron chi connectivity index (χ2n) is 6.77. The van der Waals surface area contributed by atoms with Crippen molar-refractivity contribution in [2.75, 3.05) is 11.9 Å². The van der Waals surface area contributed by atoms with Gasteiger partial charge in [0, 0.05) is 11.4 Å². The van der Waals surface area contributed by atoms with Crippen LogP contribution in [0, 0.1) is 0 Å². The van der Waals surface area contributed by atoms with Gasteiger partial charge in [0.25, 0.3) is 0 Å². The monoisotopic (exact) mass is 428 g/mol. The van der Waals surface area contributed by atoms with Gasteiger partial charge in [-0.15, -0.1) is 0 Å². The molecule has 0 radical (unpaired) electrons. The number of esters is 1. The lowest BCUT2D eigenvalue weighted by Crippen LogP contribution is -2.06. The van der Waals surface area contributed by atoms with Gasteiger partial charge in [0.15, 0.2) is 0 Å². The van der Waals surface area contributed by atoms with Gasteiger partial charge >= 0.3 is 5.97 Å². The molecule has 148 valence electrons. The molecular weight excluding hydrogens is 396 g/mol. The molecule has 0 aliphatic rings. The van der Waals surface area contributed by atoms with E-state index in [0.29, 0.717) is 6.61 Å². The van der Waals surface area contributed by atoms with E-state index in [0.717, 1.165) is 24.2 Å². The summed E-state index contributed by atoms with van der Waals surface area (Å²) >= 11 is 3.46. The van der Waals surface area contributed by atoms with E-state index in [9.17, 15) is 15.0 Å². The number of phenolic OH excluding ortho intramolecular Hbond substituents is 2. The van der Waals surface area contributed by atoms with Gasteiger partial charge in [0.2, 0.25) is 0 Å². The first kappa shape index (κ1) is 22.8. The van der Waals surface area contributed by atoms with Crippen molar-refractivity contribution in [3.05, 3.63) is 23.8 Å². The van der Waals surface area contributed by atoms with E-state index < -0.39 is 5.97 Å². The van der Waals surface area contributed by atoms with Crippen LogP contribution in [0.3, 0.4) is 0 Å². The minimum atomic E-state index is -0.543. The number of carbonyl (C=O) groups excluding carboxylic acids is 1. The van der Waals surface area contributed by atoms with E-state index in [1.54, 1.807) is 0 Å². The first-order valence-electron chi connectivity index (χ1n) is 9.90. The SMILES string of the molecule is O=C(OCCCCCCCCCCCCCCBr)c1ccc(O)cc1O. The number of rotatable bonds is 15. The number of hydrogen-bond donors (Lipinski definition) is 2. The smallest absolute Gasteiger partial charge is 0.341 e. The fourth-order valence-electron chi connectivity index (χ4n) is 2.90. The highest BCUT2D eigenvalue weighted by Gasteiger charge is 2.12. The maximum atomic E-state index is 11.8. The van der Waals surface area contributed by atoms with Crippen LogP contribution in [0.4, 0.5) is 0 Å². The van der Waals surface area contributed by atoms with Crippen molar-refractivity contribution in [1.82, 2.24) is 0 Å². The van der Waals surface area contributed by atoms with Crippen molar-refractivity contribution in [1.29, 1.82) is 0 Å². The van der Waals surface area contributed by atoms with E-state index in [-0.39, 0.29) is 17.1 Å². The Labute approximate surface area is 166 Å². The zero-order valence-electron chi connectivity index (χ0n) is 15.7. The highest BCUT2D eigenvalue weighted by molar-refractivity contribution is 9.09. The van der Waals surface area contributed by atoms with Gasteiger partial charge in [-0.2, -0.15) is 0 Å². The molecule has 0 aromatic heterocycles. The lowest BCUT2D eigenvalue weighted by Gasteiger charge is -2.07. The molecule has 2 N–H and O–H groups in total. The molecule has 0 aliphatic carbocycles. The first-order chi connectivity index (χ1) is 12.6. The van der Waals surface area contributed by atoms with Crippen molar-refractivity contribution >= 4 is 21.9 Å². The fourth-order valence-corrected chi connectivity index (χ4v) is 3.30. The Hall–Kier alpha value is -1.23. The van der Waals surface area contributed by atoms with Crippen molar-refractivity contribution in [2.24, 2.45) is 0 Å². The third-order valence-corrected chi connectivity index (χ3v) is 5.02. The number of carbonyl (C=O) groups is 1. The van der Waals surface area contributed by atoms with Crippen LogP contribution in [0.5, 0.6) is 11.5 Å². The Morgan fingerprint density at radius 1 is 0.808 bits per heavy atom. The molecule has 0 bridgehead atoms. The molecule has 0 saturated carbocycles. The standard InChI is InChI=1S/C21H33BrO4/c22-15-11-9-7-5-3-1-2-4-6-8-10-12-16-26-21(25)19-14-13-18(23)17-20(19)24/h13-14,17,23-24H,1-12,15-16H2. The molecule has 4 nitrogen and oxygen atoms in total. The summed E-state index contributed by atoms with van der Waals surface area (Å²) in [6, 6.07) is 3.87. The molecular formula is C21H33BrO4. The molecule has 26 heavy (non-hydrogen) atoms. The third-order valence-electron chi connectivity index (χ3n) is 4.46. The van der Waals surface area contributed by atoms with Crippen molar-refractivity contribution in [2.45, 2.75) is 77.0 Å². The lowest BCUT2D eigenvalue weighted by molar-refractivity contribution is 0.0494. The molecule has 0 heterocycles. The quantitative estimate of drug-likeness (QED) is 0.194. The van der Waals surface area contributed by atoms with Gasteiger partial charge in [-0.25, -0.2) is 4.79 Å². The fraction of sp³-hybridized carbons (Fsp3) is 0.667. The Morgan fingerprint density at radius 2 is 1.31 bits per heavy atom. The van der Waals surface area contributed by atoms with Gasteiger partial charge in [-0.3, -0.25) is 0 Å².